The maximum absolute atomic E-state index is 13.2. The van der Waals surface area contributed by atoms with Crippen molar-refractivity contribution in [2.24, 2.45) is 5.73 Å². The van der Waals surface area contributed by atoms with Crippen LogP contribution in [0, 0.1) is 11.3 Å². The Morgan fingerprint density at radius 1 is 1.18 bits per heavy atom. The van der Waals surface area contributed by atoms with Crippen LogP contribution in [0.5, 0.6) is 0 Å². The number of carbonyl (C=O) groups is 2. The van der Waals surface area contributed by atoms with Crippen LogP contribution in [0.4, 0.5) is 10.8 Å². The van der Waals surface area contributed by atoms with Crippen molar-refractivity contribution < 1.29 is 9.59 Å². The molecule has 192 valence electrons. The molecule has 2 aromatic carbocycles. The van der Waals surface area contributed by atoms with Crippen LogP contribution in [0.3, 0.4) is 0 Å². The Balaban J connectivity index is 1.38. The van der Waals surface area contributed by atoms with Gasteiger partial charge in [0.15, 0.2) is 10.1 Å². The minimum absolute atomic E-state index is 0.0214. The number of ketones is 1. The molecule has 1 aliphatic heterocycles. The molecule has 1 atom stereocenters. The number of aryl methyl sites for hydroxylation is 1. The van der Waals surface area contributed by atoms with E-state index in [1.807, 2.05) is 54.6 Å². The fraction of sp³-hybridized carbons (Fsp3) is 0.250. The predicted octanol–water partition coefficient (Wildman–Crippen LogP) is 5.14. The minimum atomic E-state index is -0.503. The van der Waals surface area contributed by atoms with Gasteiger partial charge in [-0.3, -0.25) is 14.5 Å². The number of hydrogen-bond acceptors (Lipinski definition) is 9. The van der Waals surface area contributed by atoms with Crippen LogP contribution in [-0.4, -0.2) is 27.6 Å². The summed E-state index contributed by atoms with van der Waals surface area (Å²) in [6.07, 6.45) is 2.72. The van der Waals surface area contributed by atoms with Crippen LogP contribution in [-0.2, 0) is 16.0 Å². The molecule has 0 fully saturated rings. The highest BCUT2D eigenvalue weighted by atomic mass is 32.2. The minimum Gasteiger partial charge on any atom is -0.384 e. The van der Waals surface area contributed by atoms with E-state index >= 15 is 0 Å². The maximum Gasteiger partial charge on any atom is 0.234 e. The highest BCUT2D eigenvalue weighted by molar-refractivity contribution is 8.01. The average molecular weight is 543 g/mol. The molecule has 2 aliphatic rings. The molecule has 0 spiro atoms. The number of nitrogens with one attached hydrogen (secondary N) is 1. The number of carbonyl (C=O) groups excluding carboxylic acids is 2. The second-order valence-corrected chi connectivity index (χ2v) is 11.1. The van der Waals surface area contributed by atoms with Crippen molar-refractivity contribution in [1.29, 1.82) is 5.26 Å². The van der Waals surface area contributed by atoms with Gasteiger partial charge < -0.3 is 11.1 Å². The molecule has 38 heavy (non-hydrogen) atoms. The van der Waals surface area contributed by atoms with Gasteiger partial charge in [-0.2, -0.15) is 5.26 Å². The van der Waals surface area contributed by atoms with Gasteiger partial charge in [-0.05, 0) is 42.5 Å². The van der Waals surface area contributed by atoms with Gasteiger partial charge in [0.2, 0.25) is 11.0 Å². The molecular weight excluding hydrogens is 516 g/mol. The van der Waals surface area contributed by atoms with Crippen molar-refractivity contribution in [1.82, 2.24) is 10.2 Å². The number of aromatic nitrogens is 2. The third-order valence-corrected chi connectivity index (χ3v) is 8.65. The number of nitriles is 1. The molecule has 2 heterocycles. The molecule has 5 rings (SSSR count). The van der Waals surface area contributed by atoms with Crippen molar-refractivity contribution in [2.75, 3.05) is 16.0 Å². The van der Waals surface area contributed by atoms with Crippen LogP contribution in [0.25, 0.3) is 0 Å². The molecule has 1 aromatic heterocycles. The number of thioether (sulfide) groups is 1. The molecular formula is C28H26N6O2S2. The van der Waals surface area contributed by atoms with Crippen molar-refractivity contribution in [2.45, 2.75) is 42.9 Å². The Morgan fingerprint density at radius 3 is 2.66 bits per heavy atom. The smallest absolute Gasteiger partial charge is 0.234 e. The second kappa shape index (κ2) is 11.2. The number of rotatable bonds is 7. The molecule has 1 aliphatic carbocycles. The van der Waals surface area contributed by atoms with Crippen molar-refractivity contribution in [3.63, 3.8) is 0 Å². The molecule has 10 heteroatoms. The number of nitrogens with zero attached hydrogens (tertiary/aromatic N) is 4. The number of nitrogens with two attached hydrogens (primary N) is 1. The second-order valence-electron chi connectivity index (χ2n) is 8.96. The largest absolute Gasteiger partial charge is 0.384 e. The highest BCUT2D eigenvalue weighted by Crippen LogP contribution is 2.47. The normalized spacial score (nSPS) is 17.3. The summed E-state index contributed by atoms with van der Waals surface area (Å²) in [5.74, 6) is -0.198. The van der Waals surface area contributed by atoms with Crippen LogP contribution in [0.1, 0.15) is 43.2 Å². The van der Waals surface area contributed by atoms with E-state index in [0.29, 0.717) is 39.9 Å². The summed E-state index contributed by atoms with van der Waals surface area (Å²) in [6.45, 7) is 2.08. The molecule has 0 saturated heterocycles. The Kier molecular flexibility index (Phi) is 7.58. The van der Waals surface area contributed by atoms with Crippen LogP contribution in [0.15, 0.2) is 81.6 Å². The summed E-state index contributed by atoms with van der Waals surface area (Å²) < 4.78 is 0.595. The Morgan fingerprint density at radius 2 is 1.95 bits per heavy atom. The van der Waals surface area contributed by atoms with Gasteiger partial charge in [0, 0.05) is 23.4 Å². The molecule has 8 nitrogen and oxygen atoms in total. The number of allylic oxidation sites excluding steroid dienone is 3. The molecule has 1 unspecified atom stereocenters. The molecule has 3 N–H and O–H groups in total. The zero-order chi connectivity index (χ0) is 26.6. The van der Waals surface area contributed by atoms with Gasteiger partial charge in [0.05, 0.1) is 23.3 Å². The van der Waals surface area contributed by atoms with Crippen LogP contribution < -0.4 is 16.0 Å². The first kappa shape index (κ1) is 25.7. The van der Waals surface area contributed by atoms with E-state index in [0.717, 1.165) is 23.4 Å². The summed E-state index contributed by atoms with van der Waals surface area (Å²) in [4.78, 5) is 27.4. The van der Waals surface area contributed by atoms with Gasteiger partial charge in [0.1, 0.15) is 5.82 Å². The quantitative estimate of drug-likeness (QED) is 0.394. The standard InChI is InChI=1S/C28H26N6O2S2/c1-2-17-11-13-19(14-12-17)31-23(36)16-37-28-33-32-27(38-28)34-21-9-6-10-22(35)25(21)24(20(15-29)26(34)30)18-7-4-3-5-8-18/h3-5,7-8,11-14,24H,2,6,9-10,16,30H2,1H3,(H,31,36). The van der Waals surface area contributed by atoms with E-state index in [4.69, 9.17) is 5.73 Å². The first-order valence-corrected chi connectivity index (χ1v) is 14.2. The number of hydrogen-bond donors (Lipinski definition) is 2. The number of Topliss-reactive ketones (excluding diaryl/α,β-unsaturated/α-hetero) is 1. The van der Waals surface area contributed by atoms with E-state index < -0.39 is 5.92 Å². The Bertz CT molecular complexity index is 1470. The molecule has 0 saturated carbocycles. The summed E-state index contributed by atoms with van der Waals surface area (Å²) in [6, 6.07) is 19.5. The SMILES string of the molecule is CCc1ccc(NC(=O)CSc2nnc(N3C(N)=C(C#N)C(c4ccccc4)C4=C3CCCC4=O)s2)cc1. The van der Waals surface area contributed by atoms with E-state index in [-0.39, 0.29) is 23.3 Å². The fourth-order valence-electron chi connectivity index (χ4n) is 4.78. The molecule has 3 aromatic rings. The average Bonchev–Trinajstić information content (AvgIpc) is 3.41. The Labute approximate surface area is 229 Å². The summed E-state index contributed by atoms with van der Waals surface area (Å²) in [5, 5.41) is 22.1. The van der Waals surface area contributed by atoms with Gasteiger partial charge in [0.25, 0.3) is 0 Å². The molecule has 0 radical (unpaired) electrons. The summed E-state index contributed by atoms with van der Waals surface area (Å²) >= 11 is 2.56. The van der Waals surface area contributed by atoms with Crippen molar-refractivity contribution >= 4 is 45.6 Å². The third kappa shape index (κ3) is 5.08. The lowest BCUT2D eigenvalue weighted by molar-refractivity contribution is -0.116. The lowest BCUT2D eigenvalue weighted by Gasteiger charge is -2.38. The number of benzene rings is 2. The highest BCUT2D eigenvalue weighted by Gasteiger charge is 2.41. The predicted molar refractivity (Wildman–Crippen MR) is 149 cm³/mol. The number of anilines is 2. The van der Waals surface area contributed by atoms with E-state index in [2.05, 4.69) is 28.5 Å². The number of amides is 1. The zero-order valence-corrected chi connectivity index (χ0v) is 22.4. The Hall–Kier alpha value is -3.94. The van der Waals surface area contributed by atoms with Crippen LogP contribution in [0.2, 0.25) is 0 Å². The van der Waals surface area contributed by atoms with Gasteiger partial charge in [-0.1, -0.05) is 72.5 Å². The molecule has 0 bridgehead atoms. The first-order chi connectivity index (χ1) is 18.5. The van der Waals surface area contributed by atoms with Crippen molar-refractivity contribution in [3.05, 3.63) is 88.4 Å². The maximum atomic E-state index is 13.2. The van der Waals surface area contributed by atoms with Crippen molar-refractivity contribution in [3.8, 4) is 6.07 Å². The summed E-state index contributed by atoms with van der Waals surface area (Å²) in [5.41, 5.74) is 11.1. The van der Waals surface area contributed by atoms with E-state index in [9.17, 15) is 14.9 Å². The topological polar surface area (TPSA) is 125 Å². The monoisotopic (exact) mass is 542 g/mol. The lowest BCUT2D eigenvalue weighted by atomic mass is 9.76. The zero-order valence-electron chi connectivity index (χ0n) is 20.8. The first-order valence-electron chi connectivity index (χ1n) is 12.4. The van der Waals surface area contributed by atoms with Gasteiger partial charge in [-0.15, -0.1) is 10.2 Å². The van der Waals surface area contributed by atoms with E-state index in [1.54, 1.807) is 4.90 Å². The summed E-state index contributed by atoms with van der Waals surface area (Å²) in [7, 11) is 0. The fourth-order valence-corrected chi connectivity index (χ4v) is 6.46. The lowest BCUT2D eigenvalue weighted by Crippen LogP contribution is -2.38. The molecule has 1 amide bonds. The van der Waals surface area contributed by atoms with E-state index in [1.165, 1.54) is 28.7 Å². The van der Waals surface area contributed by atoms with Gasteiger partial charge >= 0.3 is 0 Å². The van der Waals surface area contributed by atoms with Crippen LogP contribution >= 0.6 is 23.1 Å². The third-order valence-electron chi connectivity index (χ3n) is 6.61. The van der Waals surface area contributed by atoms with Gasteiger partial charge in [-0.25, -0.2) is 0 Å².